The van der Waals surface area contributed by atoms with Gasteiger partial charge in [-0.3, -0.25) is 0 Å². The Morgan fingerprint density at radius 1 is 1.00 bits per heavy atom. The Bertz CT molecular complexity index is 546. The Labute approximate surface area is 127 Å². The van der Waals surface area contributed by atoms with Gasteiger partial charge in [0.2, 0.25) is 0 Å². The third-order valence-corrected chi connectivity index (χ3v) is 3.76. The summed E-state index contributed by atoms with van der Waals surface area (Å²) in [5.41, 5.74) is 3.82. The van der Waals surface area contributed by atoms with Gasteiger partial charge in [0, 0.05) is 25.8 Å². The van der Waals surface area contributed by atoms with Crippen molar-refractivity contribution in [1.29, 1.82) is 0 Å². The van der Waals surface area contributed by atoms with E-state index in [1.54, 1.807) is 7.11 Å². The van der Waals surface area contributed by atoms with Gasteiger partial charge in [0.25, 0.3) is 0 Å². The number of anilines is 1. The molecule has 0 bridgehead atoms. The van der Waals surface area contributed by atoms with Crippen molar-refractivity contribution in [1.82, 2.24) is 5.32 Å². The van der Waals surface area contributed by atoms with Crippen molar-refractivity contribution in [2.75, 3.05) is 33.2 Å². The summed E-state index contributed by atoms with van der Waals surface area (Å²) in [4.78, 5) is 2.11. The van der Waals surface area contributed by atoms with Crippen LogP contribution in [0.25, 0.3) is 0 Å². The van der Waals surface area contributed by atoms with E-state index in [1.165, 1.54) is 16.8 Å². The lowest BCUT2D eigenvalue weighted by Crippen LogP contribution is -2.19. The fourth-order valence-electron chi connectivity index (χ4n) is 2.39. The number of hydrogen-bond acceptors (Lipinski definition) is 3. The molecule has 0 spiro atoms. The maximum atomic E-state index is 5.20. The number of rotatable bonds is 6. The Morgan fingerprint density at radius 2 is 1.62 bits per heavy atom. The van der Waals surface area contributed by atoms with Crippen LogP contribution in [0.1, 0.15) is 17.2 Å². The standard InChI is InChI=1S/C18H24N2O/c1-19-18(13-14-5-11-17(21-4)12-6-14)15-7-9-16(10-8-15)20(2)3/h5-12,18-19H,13H2,1-4H3. The molecule has 0 aliphatic carbocycles. The van der Waals surface area contributed by atoms with Crippen molar-refractivity contribution in [3.8, 4) is 5.75 Å². The lowest BCUT2D eigenvalue weighted by Gasteiger charge is -2.19. The maximum Gasteiger partial charge on any atom is 0.118 e. The minimum Gasteiger partial charge on any atom is -0.497 e. The van der Waals surface area contributed by atoms with Crippen LogP contribution in [0.2, 0.25) is 0 Å². The number of hydrogen-bond donors (Lipinski definition) is 1. The van der Waals surface area contributed by atoms with Crippen molar-refractivity contribution < 1.29 is 4.74 Å². The summed E-state index contributed by atoms with van der Waals surface area (Å²) in [5, 5.41) is 3.40. The zero-order valence-electron chi connectivity index (χ0n) is 13.3. The van der Waals surface area contributed by atoms with Gasteiger partial charge in [0.15, 0.2) is 0 Å². The number of methoxy groups -OCH3 is 1. The molecule has 0 fully saturated rings. The SMILES string of the molecule is CNC(Cc1ccc(OC)cc1)c1ccc(N(C)C)cc1. The van der Waals surface area contributed by atoms with Crippen molar-refractivity contribution in [3.05, 3.63) is 59.7 Å². The molecule has 0 aliphatic rings. The van der Waals surface area contributed by atoms with Crippen LogP contribution in [-0.2, 0) is 6.42 Å². The Morgan fingerprint density at radius 3 is 2.10 bits per heavy atom. The highest BCUT2D eigenvalue weighted by Crippen LogP contribution is 2.22. The van der Waals surface area contributed by atoms with E-state index in [9.17, 15) is 0 Å². The fraction of sp³-hybridized carbons (Fsp3) is 0.333. The van der Waals surface area contributed by atoms with Gasteiger partial charge >= 0.3 is 0 Å². The molecule has 1 unspecified atom stereocenters. The molecule has 3 nitrogen and oxygen atoms in total. The predicted octanol–water partition coefficient (Wildman–Crippen LogP) is 3.26. The quantitative estimate of drug-likeness (QED) is 0.881. The molecule has 0 radical (unpaired) electrons. The van der Waals surface area contributed by atoms with E-state index in [-0.39, 0.29) is 0 Å². The van der Waals surface area contributed by atoms with Gasteiger partial charge in [-0.1, -0.05) is 24.3 Å². The summed E-state index contributed by atoms with van der Waals surface area (Å²) in [6.07, 6.45) is 0.960. The monoisotopic (exact) mass is 284 g/mol. The summed E-state index contributed by atoms with van der Waals surface area (Å²) in [6.45, 7) is 0. The molecule has 2 aromatic carbocycles. The van der Waals surface area contributed by atoms with Gasteiger partial charge < -0.3 is 15.0 Å². The van der Waals surface area contributed by atoms with Crippen molar-refractivity contribution in [2.24, 2.45) is 0 Å². The molecule has 0 amide bonds. The van der Waals surface area contributed by atoms with Crippen LogP contribution in [0.5, 0.6) is 5.75 Å². The number of ether oxygens (including phenoxy) is 1. The number of nitrogens with zero attached hydrogens (tertiary/aromatic N) is 1. The number of likely N-dealkylation sites (N-methyl/N-ethyl adjacent to an activating group) is 1. The van der Waals surface area contributed by atoms with Crippen LogP contribution in [0.15, 0.2) is 48.5 Å². The van der Waals surface area contributed by atoms with E-state index in [2.05, 4.69) is 60.7 Å². The molecule has 1 atom stereocenters. The molecule has 0 aromatic heterocycles. The van der Waals surface area contributed by atoms with Crippen LogP contribution in [0.4, 0.5) is 5.69 Å². The summed E-state index contributed by atoms with van der Waals surface area (Å²) in [5.74, 6) is 0.898. The largest absolute Gasteiger partial charge is 0.497 e. The van der Waals surface area contributed by atoms with E-state index >= 15 is 0 Å². The molecule has 0 aliphatic heterocycles. The zero-order valence-corrected chi connectivity index (χ0v) is 13.3. The first-order valence-corrected chi connectivity index (χ1v) is 7.21. The zero-order chi connectivity index (χ0) is 15.2. The second kappa shape index (κ2) is 7.14. The Kier molecular flexibility index (Phi) is 5.23. The molecular weight excluding hydrogens is 260 g/mol. The molecule has 21 heavy (non-hydrogen) atoms. The van der Waals surface area contributed by atoms with Crippen LogP contribution >= 0.6 is 0 Å². The smallest absolute Gasteiger partial charge is 0.118 e. The van der Waals surface area contributed by atoms with Gasteiger partial charge in [-0.15, -0.1) is 0 Å². The second-order valence-corrected chi connectivity index (χ2v) is 5.38. The summed E-state index contributed by atoms with van der Waals surface area (Å²) < 4.78 is 5.20. The van der Waals surface area contributed by atoms with E-state index < -0.39 is 0 Å². The van der Waals surface area contributed by atoms with Gasteiger partial charge in [0.1, 0.15) is 5.75 Å². The van der Waals surface area contributed by atoms with Crippen LogP contribution < -0.4 is 15.0 Å². The molecule has 2 aromatic rings. The summed E-state index contributed by atoms with van der Waals surface area (Å²) >= 11 is 0. The topological polar surface area (TPSA) is 24.5 Å². The first kappa shape index (κ1) is 15.4. The summed E-state index contributed by atoms with van der Waals surface area (Å²) in [6, 6.07) is 17.3. The Hall–Kier alpha value is -2.00. The summed E-state index contributed by atoms with van der Waals surface area (Å²) in [7, 11) is 7.82. The average molecular weight is 284 g/mol. The van der Waals surface area contributed by atoms with Crippen LogP contribution in [0, 0.1) is 0 Å². The van der Waals surface area contributed by atoms with Gasteiger partial charge in [-0.2, -0.15) is 0 Å². The Balaban J connectivity index is 2.11. The normalized spacial score (nSPS) is 12.0. The molecule has 3 heteroatoms. The first-order chi connectivity index (χ1) is 10.1. The second-order valence-electron chi connectivity index (χ2n) is 5.38. The van der Waals surface area contributed by atoms with Crippen molar-refractivity contribution >= 4 is 5.69 Å². The van der Waals surface area contributed by atoms with E-state index in [1.807, 2.05) is 19.2 Å². The molecule has 1 N–H and O–H groups in total. The average Bonchev–Trinajstić information content (AvgIpc) is 2.53. The van der Waals surface area contributed by atoms with E-state index in [0.717, 1.165) is 12.2 Å². The fourth-order valence-corrected chi connectivity index (χ4v) is 2.39. The third kappa shape index (κ3) is 3.99. The molecule has 0 saturated heterocycles. The number of benzene rings is 2. The highest BCUT2D eigenvalue weighted by molar-refractivity contribution is 5.46. The minimum absolute atomic E-state index is 0.314. The van der Waals surface area contributed by atoms with E-state index in [0.29, 0.717) is 6.04 Å². The number of nitrogens with one attached hydrogen (secondary N) is 1. The van der Waals surface area contributed by atoms with E-state index in [4.69, 9.17) is 4.74 Å². The molecular formula is C18H24N2O. The molecule has 0 saturated carbocycles. The molecule has 112 valence electrons. The predicted molar refractivity (Wildman–Crippen MR) is 89.3 cm³/mol. The molecule has 0 heterocycles. The first-order valence-electron chi connectivity index (χ1n) is 7.21. The lowest BCUT2D eigenvalue weighted by atomic mass is 9.98. The van der Waals surface area contributed by atoms with Gasteiger partial charge in [-0.05, 0) is 48.9 Å². The highest BCUT2D eigenvalue weighted by Gasteiger charge is 2.10. The highest BCUT2D eigenvalue weighted by atomic mass is 16.5. The molecule has 2 rings (SSSR count). The van der Waals surface area contributed by atoms with Crippen molar-refractivity contribution in [2.45, 2.75) is 12.5 Å². The van der Waals surface area contributed by atoms with Crippen LogP contribution in [-0.4, -0.2) is 28.3 Å². The van der Waals surface area contributed by atoms with Crippen LogP contribution in [0.3, 0.4) is 0 Å². The third-order valence-electron chi connectivity index (χ3n) is 3.76. The van der Waals surface area contributed by atoms with Gasteiger partial charge in [0.05, 0.1) is 7.11 Å². The lowest BCUT2D eigenvalue weighted by molar-refractivity contribution is 0.414. The van der Waals surface area contributed by atoms with Crippen molar-refractivity contribution in [3.63, 3.8) is 0 Å². The minimum atomic E-state index is 0.314. The maximum absolute atomic E-state index is 5.20. The van der Waals surface area contributed by atoms with Gasteiger partial charge in [-0.25, -0.2) is 0 Å².